The lowest BCUT2D eigenvalue weighted by Gasteiger charge is -2.30. The summed E-state index contributed by atoms with van der Waals surface area (Å²) in [5, 5.41) is 2.10. The van der Waals surface area contributed by atoms with Crippen LogP contribution in [-0.4, -0.2) is 46.4 Å². The summed E-state index contributed by atoms with van der Waals surface area (Å²) in [7, 11) is 2.03. The average molecular weight is 414 g/mol. The van der Waals surface area contributed by atoms with E-state index in [0.29, 0.717) is 22.6 Å². The first kappa shape index (κ1) is 19.8. The third kappa shape index (κ3) is 4.87. The molecule has 0 aromatic heterocycles. The molecule has 1 aliphatic heterocycles. The smallest absolute Gasteiger partial charge is 0.211 e. The van der Waals surface area contributed by atoms with Crippen molar-refractivity contribution in [3.05, 3.63) is 33.8 Å². The molecule has 0 radical (unpaired) electrons. The Labute approximate surface area is 169 Å². The number of hydrogen-bond donors (Lipinski definition) is 0. The summed E-state index contributed by atoms with van der Waals surface area (Å²) in [5.74, 6) is 0.835. The minimum absolute atomic E-state index is 0.0106. The van der Waals surface area contributed by atoms with Crippen LogP contribution in [0, 0.1) is 0 Å². The van der Waals surface area contributed by atoms with Gasteiger partial charge in [0.05, 0.1) is 16.1 Å². The summed E-state index contributed by atoms with van der Waals surface area (Å²) in [4.78, 5) is 20.7. The van der Waals surface area contributed by atoms with Crippen molar-refractivity contribution in [1.29, 1.82) is 0 Å². The second-order valence-corrected chi connectivity index (χ2v) is 8.79. The third-order valence-corrected chi connectivity index (χ3v) is 6.95. The Morgan fingerprint density at radius 3 is 2.62 bits per heavy atom. The Morgan fingerprint density at radius 1 is 1.23 bits per heavy atom. The lowest BCUT2D eigenvalue weighted by atomic mass is 10.1. The van der Waals surface area contributed by atoms with Gasteiger partial charge >= 0.3 is 0 Å². The minimum Gasteiger partial charge on any atom is -0.333 e. The fourth-order valence-corrected chi connectivity index (χ4v) is 5.12. The number of carbonyl (C=O) groups excluding carboxylic acids is 1. The molecule has 2 aliphatic rings. The van der Waals surface area contributed by atoms with Crippen LogP contribution in [0.5, 0.6) is 0 Å². The minimum atomic E-state index is 0.0106. The van der Waals surface area contributed by atoms with E-state index in [1.165, 1.54) is 38.5 Å². The first-order valence-electron chi connectivity index (χ1n) is 9.17. The first-order chi connectivity index (χ1) is 12.6. The Hall–Kier alpha value is -0.910. The van der Waals surface area contributed by atoms with E-state index in [0.717, 1.165) is 22.9 Å². The van der Waals surface area contributed by atoms with Crippen LogP contribution in [0.15, 0.2) is 23.2 Å². The van der Waals surface area contributed by atoms with Crippen LogP contribution in [0.1, 0.15) is 44.1 Å². The quantitative estimate of drug-likeness (QED) is 0.501. The number of thioether (sulfide) groups is 1. The highest BCUT2D eigenvalue weighted by atomic mass is 35.5. The van der Waals surface area contributed by atoms with Crippen LogP contribution in [0.2, 0.25) is 10.0 Å². The summed E-state index contributed by atoms with van der Waals surface area (Å²) >= 11 is 13.8. The second-order valence-electron chi connectivity index (χ2n) is 6.99. The van der Waals surface area contributed by atoms with Crippen molar-refractivity contribution in [2.24, 2.45) is 4.99 Å². The van der Waals surface area contributed by atoms with Crippen LogP contribution in [-0.2, 0) is 11.3 Å². The van der Waals surface area contributed by atoms with Gasteiger partial charge < -0.3 is 9.80 Å². The van der Waals surface area contributed by atoms with E-state index in [2.05, 4.69) is 4.90 Å². The normalized spacial score (nSPS) is 23.3. The lowest BCUT2D eigenvalue weighted by molar-refractivity contribution is -0.122. The van der Waals surface area contributed by atoms with E-state index in [4.69, 9.17) is 28.2 Å². The molecule has 1 aromatic carbocycles. The molecule has 1 unspecified atom stereocenters. The van der Waals surface area contributed by atoms with E-state index < -0.39 is 0 Å². The molecule has 0 bridgehead atoms. The van der Waals surface area contributed by atoms with Crippen LogP contribution in [0.4, 0.5) is 0 Å². The van der Waals surface area contributed by atoms with Crippen molar-refractivity contribution in [3.63, 3.8) is 0 Å². The third-order valence-electron chi connectivity index (χ3n) is 5.10. The van der Waals surface area contributed by atoms with Gasteiger partial charge in [-0.05, 0) is 30.5 Å². The van der Waals surface area contributed by atoms with E-state index in [1.807, 2.05) is 24.1 Å². The molecule has 0 spiro atoms. The van der Waals surface area contributed by atoms with Gasteiger partial charge in [0.25, 0.3) is 0 Å². The summed E-state index contributed by atoms with van der Waals surface area (Å²) in [6, 6.07) is 5.94. The standard InChI is InChI=1S/C19H25Cl2N3OS/c1-23-18(12-26-19(23)22-15-6-4-2-3-5-7-15)24(13-25)11-14-8-9-16(20)17(21)10-14/h8-10,13,15,18H,2-7,11-12H2,1H3. The van der Waals surface area contributed by atoms with Crippen molar-refractivity contribution in [3.8, 4) is 0 Å². The number of nitrogens with zero attached hydrogens (tertiary/aromatic N) is 3. The molecule has 1 saturated heterocycles. The summed E-state index contributed by atoms with van der Waals surface area (Å²) < 4.78 is 0. The van der Waals surface area contributed by atoms with Gasteiger partial charge in [0, 0.05) is 19.3 Å². The maximum absolute atomic E-state index is 11.7. The fourth-order valence-electron chi connectivity index (χ4n) is 3.54. The predicted molar refractivity (Wildman–Crippen MR) is 111 cm³/mol. The van der Waals surface area contributed by atoms with Gasteiger partial charge in [0.15, 0.2) is 5.17 Å². The van der Waals surface area contributed by atoms with Crippen molar-refractivity contribution in [2.45, 2.75) is 57.3 Å². The predicted octanol–water partition coefficient (Wildman–Crippen LogP) is 5.04. The lowest BCUT2D eigenvalue weighted by Crippen LogP contribution is -2.44. The van der Waals surface area contributed by atoms with Gasteiger partial charge in [0.1, 0.15) is 6.17 Å². The second kappa shape index (κ2) is 9.34. The molecule has 4 nitrogen and oxygen atoms in total. The van der Waals surface area contributed by atoms with Crippen LogP contribution in [0.25, 0.3) is 0 Å². The topological polar surface area (TPSA) is 35.9 Å². The maximum Gasteiger partial charge on any atom is 0.211 e. The Kier molecular flexibility index (Phi) is 7.12. The number of halogens is 2. The summed E-state index contributed by atoms with van der Waals surface area (Å²) in [6.07, 6.45) is 8.50. The summed E-state index contributed by atoms with van der Waals surface area (Å²) in [5.41, 5.74) is 0.971. The van der Waals surface area contributed by atoms with Crippen molar-refractivity contribution in [1.82, 2.24) is 9.80 Å². The number of carbonyl (C=O) groups is 1. The molecule has 1 saturated carbocycles. The van der Waals surface area contributed by atoms with Crippen LogP contribution >= 0.6 is 35.0 Å². The van der Waals surface area contributed by atoms with Crippen molar-refractivity contribution in [2.75, 3.05) is 12.8 Å². The highest BCUT2D eigenvalue weighted by molar-refractivity contribution is 8.14. The number of hydrogen-bond acceptors (Lipinski definition) is 3. The van der Waals surface area contributed by atoms with Crippen LogP contribution < -0.4 is 0 Å². The van der Waals surface area contributed by atoms with Crippen LogP contribution in [0.3, 0.4) is 0 Å². The highest BCUT2D eigenvalue weighted by Gasteiger charge is 2.32. The van der Waals surface area contributed by atoms with E-state index in [9.17, 15) is 4.79 Å². The molecule has 1 amide bonds. The molecule has 26 heavy (non-hydrogen) atoms. The first-order valence-corrected chi connectivity index (χ1v) is 10.9. The molecule has 1 aliphatic carbocycles. The molecule has 1 aromatic rings. The fraction of sp³-hybridized carbons (Fsp3) is 0.579. The van der Waals surface area contributed by atoms with Gasteiger partial charge in [-0.2, -0.15) is 0 Å². The number of aliphatic imine (C=N–C) groups is 1. The number of amides is 1. The van der Waals surface area contributed by atoms with Gasteiger partial charge in [0.2, 0.25) is 6.41 Å². The zero-order valence-corrected chi connectivity index (χ0v) is 17.4. The zero-order chi connectivity index (χ0) is 18.5. The molecule has 1 atom stereocenters. The van der Waals surface area contributed by atoms with Crippen molar-refractivity contribution >= 4 is 46.5 Å². The molecule has 7 heteroatoms. The molecular formula is C19H25Cl2N3OS. The van der Waals surface area contributed by atoms with Gasteiger partial charge in [-0.3, -0.25) is 9.79 Å². The molecular weight excluding hydrogens is 389 g/mol. The monoisotopic (exact) mass is 413 g/mol. The number of benzene rings is 1. The largest absolute Gasteiger partial charge is 0.333 e. The highest BCUT2D eigenvalue weighted by Crippen LogP contribution is 2.29. The zero-order valence-electron chi connectivity index (χ0n) is 15.0. The van der Waals surface area contributed by atoms with E-state index in [-0.39, 0.29) is 6.17 Å². The number of amidine groups is 1. The van der Waals surface area contributed by atoms with E-state index >= 15 is 0 Å². The maximum atomic E-state index is 11.7. The SMILES string of the molecule is CN1C(=NC2CCCCCC2)SCC1N(C=O)Cc1ccc(Cl)c(Cl)c1. The molecule has 3 rings (SSSR count). The number of rotatable bonds is 5. The Balaban J connectivity index is 1.67. The van der Waals surface area contributed by atoms with Crippen molar-refractivity contribution < 1.29 is 4.79 Å². The molecule has 0 N–H and O–H groups in total. The molecule has 142 valence electrons. The molecule has 1 heterocycles. The molecule has 2 fully saturated rings. The Morgan fingerprint density at radius 2 is 1.96 bits per heavy atom. The van der Waals surface area contributed by atoms with Gasteiger partial charge in [-0.15, -0.1) is 0 Å². The van der Waals surface area contributed by atoms with E-state index in [1.54, 1.807) is 17.8 Å². The average Bonchev–Trinajstić information content (AvgIpc) is 2.84. The summed E-state index contributed by atoms with van der Waals surface area (Å²) in [6.45, 7) is 0.507. The van der Waals surface area contributed by atoms with Gasteiger partial charge in [-0.25, -0.2) is 0 Å². The van der Waals surface area contributed by atoms with Gasteiger partial charge in [-0.1, -0.05) is 66.7 Å². The Bertz CT molecular complexity index is 662.